The lowest BCUT2D eigenvalue weighted by Crippen LogP contribution is -2.10. The third kappa shape index (κ3) is 5.65. The summed E-state index contributed by atoms with van der Waals surface area (Å²) in [4.78, 5) is 12.0. The lowest BCUT2D eigenvalue weighted by molar-refractivity contribution is 0.0169. The van der Waals surface area contributed by atoms with E-state index in [4.69, 9.17) is 9.47 Å². The molecule has 6 heteroatoms. The molecule has 3 nitrogen and oxygen atoms in total. The van der Waals surface area contributed by atoms with Gasteiger partial charge in [0.25, 0.3) is 6.43 Å². The number of ether oxygens (including phenoxy) is 2. The summed E-state index contributed by atoms with van der Waals surface area (Å²) in [5, 5.41) is 0. The molecule has 0 radical (unpaired) electrons. The van der Waals surface area contributed by atoms with E-state index < -0.39 is 13.0 Å². The predicted molar refractivity (Wildman–Crippen MR) is 71.1 cm³/mol. The fourth-order valence-corrected chi connectivity index (χ4v) is 1.83. The van der Waals surface area contributed by atoms with Gasteiger partial charge in [-0.1, -0.05) is 15.9 Å². The zero-order chi connectivity index (χ0) is 14.3. The Hall–Kier alpha value is -1.01. The number of hydrogen-bond acceptors (Lipinski definition) is 3. The average Bonchev–Trinajstić information content (AvgIpc) is 2.36. The van der Waals surface area contributed by atoms with E-state index in [1.54, 1.807) is 18.2 Å². The van der Waals surface area contributed by atoms with Gasteiger partial charge in [0.05, 0.1) is 18.8 Å². The molecule has 0 N–H and O–H groups in total. The number of hydrogen-bond donors (Lipinski definition) is 0. The third-order valence-electron chi connectivity index (χ3n) is 2.26. The molecule has 0 aliphatic rings. The highest BCUT2D eigenvalue weighted by molar-refractivity contribution is 9.10. The highest BCUT2D eigenvalue weighted by atomic mass is 79.9. The van der Waals surface area contributed by atoms with Gasteiger partial charge < -0.3 is 9.47 Å². The molecule has 1 rings (SSSR count). The van der Waals surface area contributed by atoms with Gasteiger partial charge in [0.2, 0.25) is 0 Å². The predicted octanol–water partition coefficient (Wildman–Crippen LogP) is 3.70. The minimum absolute atomic E-state index is 0.0265. The van der Waals surface area contributed by atoms with Crippen LogP contribution < -0.4 is 4.74 Å². The number of ketones is 1. The first-order valence-electron chi connectivity index (χ1n) is 5.86. The van der Waals surface area contributed by atoms with Crippen molar-refractivity contribution < 1.29 is 23.0 Å². The van der Waals surface area contributed by atoms with Crippen LogP contribution >= 0.6 is 15.9 Å². The largest absolute Gasteiger partial charge is 0.493 e. The monoisotopic (exact) mass is 336 g/mol. The van der Waals surface area contributed by atoms with Crippen LogP contribution in [0.5, 0.6) is 5.75 Å². The Labute approximate surface area is 119 Å². The lowest BCUT2D eigenvalue weighted by Gasteiger charge is -2.10. The summed E-state index contributed by atoms with van der Waals surface area (Å²) in [6, 6.07) is 5.12. The van der Waals surface area contributed by atoms with Crippen LogP contribution in [0.15, 0.2) is 22.7 Å². The molecule has 0 unspecified atom stereocenters. The number of alkyl halides is 2. The van der Waals surface area contributed by atoms with E-state index >= 15 is 0 Å². The molecule has 1 aromatic rings. The molecule has 0 aliphatic carbocycles. The minimum Gasteiger partial charge on any atom is -0.493 e. The molecule has 0 aliphatic heterocycles. The first-order chi connectivity index (χ1) is 9.04. The third-order valence-corrected chi connectivity index (χ3v) is 2.75. The Kier molecular flexibility index (Phi) is 6.94. The molecule has 0 atom stereocenters. The van der Waals surface area contributed by atoms with Crippen molar-refractivity contribution in [1.82, 2.24) is 0 Å². The maximum atomic E-state index is 12.0. The maximum Gasteiger partial charge on any atom is 0.261 e. The van der Waals surface area contributed by atoms with Gasteiger partial charge in [0, 0.05) is 10.9 Å². The molecule has 0 aromatic heterocycles. The van der Waals surface area contributed by atoms with E-state index in [1.165, 1.54) is 0 Å². The van der Waals surface area contributed by atoms with Crippen molar-refractivity contribution in [3.63, 3.8) is 0 Å². The first kappa shape index (κ1) is 16.0. The van der Waals surface area contributed by atoms with Crippen LogP contribution in [-0.4, -0.2) is 32.0 Å². The van der Waals surface area contributed by atoms with Crippen LogP contribution in [-0.2, 0) is 4.74 Å². The van der Waals surface area contributed by atoms with Crippen LogP contribution in [0.25, 0.3) is 0 Å². The summed E-state index contributed by atoms with van der Waals surface area (Å²) in [6.45, 7) is 1.59. The zero-order valence-corrected chi connectivity index (χ0v) is 12.1. The summed E-state index contributed by atoms with van der Waals surface area (Å²) >= 11 is 3.28. The summed E-state index contributed by atoms with van der Waals surface area (Å²) in [6.07, 6.45) is -2.47. The van der Waals surface area contributed by atoms with Gasteiger partial charge in [-0.2, -0.15) is 0 Å². The van der Waals surface area contributed by atoms with Gasteiger partial charge in [0.1, 0.15) is 12.4 Å². The topological polar surface area (TPSA) is 35.5 Å². The molecule has 0 saturated heterocycles. The van der Waals surface area contributed by atoms with Crippen molar-refractivity contribution >= 4 is 21.7 Å². The van der Waals surface area contributed by atoms with Crippen molar-refractivity contribution in [2.75, 3.05) is 19.8 Å². The van der Waals surface area contributed by atoms with Gasteiger partial charge in [0.15, 0.2) is 5.78 Å². The van der Waals surface area contributed by atoms with Gasteiger partial charge in [-0.25, -0.2) is 8.78 Å². The molecule has 0 spiro atoms. The summed E-state index contributed by atoms with van der Waals surface area (Å²) in [5.41, 5.74) is 0.428. The van der Waals surface area contributed by atoms with E-state index in [9.17, 15) is 13.6 Å². The number of halogens is 3. The fourth-order valence-electron chi connectivity index (χ4n) is 1.47. The van der Waals surface area contributed by atoms with E-state index in [1.807, 2.05) is 6.92 Å². The second kappa shape index (κ2) is 8.22. The van der Waals surface area contributed by atoms with Crippen molar-refractivity contribution in [3.8, 4) is 5.75 Å². The minimum atomic E-state index is -2.51. The lowest BCUT2D eigenvalue weighted by atomic mass is 10.1. The van der Waals surface area contributed by atoms with E-state index in [0.717, 1.165) is 4.47 Å². The highest BCUT2D eigenvalue weighted by Crippen LogP contribution is 2.24. The second-order valence-corrected chi connectivity index (χ2v) is 4.63. The number of carbonyl (C=O) groups excluding carboxylic acids is 1. The Morgan fingerprint density at radius 2 is 2.16 bits per heavy atom. The number of rotatable bonds is 8. The van der Waals surface area contributed by atoms with Crippen LogP contribution in [0.1, 0.15) is 23.7 Å². The van der Waals surface area contributed by atoms with Gasteiger partial charge in [-0.15, -0.1) is 0 Å². The molecule has 0 amide bonds. The zero-order valence-electron chi connectivity index (χ0n) is 10.5. The second-order valence-electron chi connectivity index (χ2n) is 3.71. The van der Waals surface area contributed by atoms with E-state index in [-0.39, 0.29) is 18.8 Å². The van der Waals surface area contributed by atoms with Gasteiger partial charge in [-0.3, -0.25) is 4.79 Å². The van der Waals surface area contributed by atoms with Crippen molar-refractivity contribution in [1.29, 1.82) is 0 Å². The van der Waals surface area contributed by atoms with Crippen molar-refractivity contribution in [3.05, 3.63) is 28.2 Å². The van der Waals surface area contributed by atoms with Crippen LogP contribution in [0.3, 0.4) is 0 Å². The Morgan fingerprint density at radius 1 is 1.42 bits per heavy atom. The molecular weight excluding hydrogens is 322 g/mol. The first-order valence-corrected chi connectivity index (χ1v) is 6.65. The summed E-state index contributed by atoms with van der Waals surface area (Å²) < 4.78 is 34.5. The van der Waals surface area contributed by atoms with Crippen LogP contribution in [0.4, 0.5) is 8.78 Å². The quantitative estimate of drug-likeness (QED) is 0.536. The van der Waals surface area contributed by atoms with Crippen molar-refractivity contribution in [2.45, 2.75) is 19.8 Å². The molecule has 1 aromatic carbocycles. The Bertz CT molecular complexity index is 424. The normalized spacial score (nSPS) is 10.8. The maximum absolute atomic E-state index is 12.0. The fraction of sp³-hybridized carbons (Fsp3) is 0.462. The Morgan fingerprint density at radius 3 is 2.79 bits per heavy atom. The standard InChI is InChI=1S/C13H15BrF2O3/c1-2-19-12-4-3-9(14)7-10(12)11(17)5-6-18-8-13(15)16/h3-4,7,13H,2,5-6,8H2,1H3. The summed E-state index contributed by atoms with van der Waals surface area (Å²) in [5.74, 6) is 0.295. The molecule has 19 heavy (non-hydrogen) atoms. The van der Waals surface area contributed by atoms with Gasteiger partial charge in [-0.05, 0) is 25.1 Å². The molecular formula is C13H15BrF2O3. The molecule has 0 bridgehead atoms. The number of benzene rings is 1. The molecule has 0 heterocycles. The van der Waals surface area contributed by atoms with Crippen molar-refractivity contribution in [2.24, 2.45) is 0 Å². The smallest absolute Gasteiger partial charge is 0.261 e. The Balaban J connectivity index is 2.62. The van der Waals surface area contributed by atoms with E-state index in [0.29, 0.717) is 17.9 Å². The molecule has 0 fully saturated rings. The summed E-state index contributed by atoms with van der Waals surface area (Å²) in [7, 11) is 0. The van der Waals surface area contributed by atoms with Crippen LogP contribution in [0, 0.1) is 0 Å². The number of carbonyl (C=O) groups is 1. The van der Waals surface area contributed by atoms with Gasteiger partial charge >= 0.3 is 0 Å². The molecule has 106 valence electrons. The average molecular weight is 337 g/mol. The molecule has 0 saturated carbocycles. The van der Waals surface area contributed by atoms with E-state index in [2.05, 4.69) is 15.9 Å². The van der Waals surface area contributed by atoms with Crippen LogP contribution in [0.2, 0.25) is 0 Å². The highest BCUT2D eigenvalue weighted by Gasteiger charge is 2.13. The SMILES string of the molecule is CCOc1ccc(Br)cc1C(=O)CCOCC(F)F. The number of Topliss-reactive ketones (excluding diaryl/α,β-unsaturated/α-hetero) is 1.